The standard InChI is InChI=1S/C36H52N2O3/c1-8-10-24(22-37)31(41)33(4,5)25-12-13-34(6)26(19-25)20-28(39)30-27-21-32(2,3)14-16-36(27,17-15-35(30,34)7)23-38-18-9-11-29(38)40/h10,20,25,27,30H,8-9,11-19,21,23H2,1-7H3/b24-10-/t25-,27+,30+,34-,35-,36-/m1/s1. The quantitative estimate of drug-likeness (QED) is 0.247. The predicted octanol–water partition coefficient (Wildman–Crippen LogP) is 7.61. The maximum Gasteiger partial charge on any atom is 0.222 e. The van der Waals surface area contributed by atoms with E-state index in [0.29, 0.717) is 18.7 Å². The molecule has 4 aliphatic carbocycles. The first-order valence-electron chi connectivity index (χ1n) is 16.3. The molecule has 1 amide bonds. The van der Waals surface area contributed by atoms with Gasteiger partial charge < -0.3 is 4.90 Å². The molecule has 224 valence electrons. The van der Waals surface area contributed by atoms with Crippen molar-refractivity contribution >= 4 is 17.5 Å². The minimum atomic E-state index is -0.656. The van der Waals surface area contributed by atoms with E-state index in [0.717, 1.165) is 70.9 Å². The second-order valence-electron chi connectivity index (χ2n) is 16.2. The number of allylic oxidation sites excluding steroid dienone is 4. The van der Waals surface area contributed by atoms with Gasteiger partial charge in [-0.05, 0) is 104 Å². The number of rotatable bonds is 6. The minimum Gasteiger partial charge on any atom is -0.342 e. The molecule has 0 radical (unpaired) electrons. The Labute approximate surface area is 248 Å². The van der Waals surface area contributed by atoms with Gasteiger partial charge in [0.2, 0.25) is 5.91 Å². The summed E-state index contributed by atoms with van der Waals surface area (Å²) in [6, 6.07) is 2.15. The number of hydrogen-bond acceptors (Lipinski definition) is 4. The summed E-state index contributed by atoms with van der Waals surface area (Å²) in [5.41, 5.74) is 0.845. The summed E-state index contributed by atoms with van der Waals surface area (Å²) < 4.78 is 0. The summed E-state index contributed by atoms with van der Waals surface area (Å²) in [6.45, 7) is 17.2. The molecule has 0 bridgehead atoms. The molecule has 3 saturated carbocycles. The van der Waals surface area contributed by atoms with E-state index in [1.165, 1.54) is 5.57 Å². The van der Waals surface area contributed by atoms with Gasteiger partial charge >= 0.3 is 0 Å². The second kappa shape index (κ2) is 10.2. The first kappa shape index (κ1) is 30.2. The van der Waals surface area contributed by atoms with Gasteiger partial charge in [-0.2, -0.15) is 5.26 Å². The molecular formula is C36H52N2O3. The number of likely N-dealkylation sites (tertiary alicyclic amines) is 1. The number of amides is 1. The highest BCUT2D eigenvalue weighted by molar-refractivity contribution is 6.03. The molecule has 5 aliphatic rings. The molecule has 0 aromatic carbocycles. The fourth-order valence-corrected chi connectivity index (χ4v) is 10.1. The Morgan fingerprint density at radius 1 is 1.12 bits per heavy atom. The number of carbonyl (C=O) groups is 3. The second-order valence-corrected chi connectivity index (χ2v) is 16.2. The molecule has 0 unspecified atom stereocenters. The Kier molecular flexibility index (Phi) is 7.53. The van der Waals surface area contributed by atoms with Crippen LogP contribution in [0.1, 0.15) is 119 Å². The molecule has 1 heterocycles. The van der Waals surface area contributed by atoms with Crippen LogP contribution in [0.25, 0.3) is 0 Å². The Bertz CT molecular complexity index is 1230. The van der Waals surface area contributed by atoms with Crippen LogP contribution in [-0.2, 0) is 14.4 Å². The van der Waals surface area contributed by atoms with Crippen molar-refractivity contribution in [2.75, 3.05) is 13.1 Å². The lowest BCUT2D eigenvalue weighted by molar-refractivity contribution is -0.170. The Balaban J connectivity index is 1.49. The van der Waals surface area contributed by atoms with E-state index >= 15 is 0 Å². The highest BCUT2D eigenvalue weighted by Crippen LogP contribution is 2.71. The lowest BCUT2D eigenvalue weighted by atomic mass is 9.37. The molecule has 0 aromatic rings. The SMILES string of the molecule is CC/C=C(/C#N)C(=O)C(C)(C)[C@@H]1CC[C@]2(C)C(=CC(=O)[C@@H]3[C@@H]4CC(C)(C)CC[C@]4(CN4CCCC4=O)CC[C@]32C)C1. The first-order chi connectivity index (χ1) is 19.1. The van der Waals surface area contributed by atoms with Gasteiger partial charge in [-0.15, -0.1) is 0 Å². The highest BCUT2D eigenvalue weighted by Gasteiger charge is 2.66. The number of fused-ring (bicyclic) bond motifs is 5. The zero-order chi connectivity index (χ0) is 30.0. The van der Waals surface area contributed by atoms with Gasteiger partial charge in [0.15, 0.2) is 11.6 Å². The van der Waals surface area contributed by atoms with E-state index < -0.39 is 5.41 Å². The zero-order valence-electron chi connectivity index (χ0n) is 26.7. The zero-order valence-corrected chi connectivity index (χ0v) is 26.7. The highest BCUT2D eigenvalue weighted by atomic mass is 16.2. The van der Waals surface area contributed by atoms with Crippen molar-refractivity contribution in [1.82, 2.24) is 4.90 Å². The van der Waals surface area contributed by atoms with Crippen molar-refractivity contribution in [2.24, 2.45) is 44.8 Å². The van der Waals surface area contributed by atoms with E-state index in [2.05, 4.69) is 38.7 Å². The number of carbonyl (C=O) groups excluding carboxylic acids is 3. The molecule has 6 atom stereocenters. The number of nitriles is 1. The van der Waals surface area contributed by atoms with Crippen molar-refractivity contribution in [1.29, 1.82) is 5.26 Å². The summed E-state index contributed by atoms with van der Waals surface area (Å²) >= 11 is 0. The maximum atomic E-state index is 14.4. The van der Waals surface area contributed by atoms with Gasteiger partial charge in [0.25, 0.3) is 0 Å². The largest absolute Gasteiger partial charge is 0.342 e. The number of nitrogens with zero attached hydrogens (tertiary/aromatic N) is 2. The van der Waals surface area contributed by atoms with Gasteiger partial charge in [0, 0.05) is 30.8 Å². The van der Waals surface area contributed by atoms with E-state index in [-0.39, 0.29) is 56.6 Å². The van der Waals surface area contributed by atoms with Crippen LogP contribution in [-0.4, -0.2) is 35.5 Å². The van der Waals surface area contributed by atoms with Crippen LogP contribution in [0.15, 0.2) is 23.3 Å². The monoisotopic (exact) mass is 560 g/mol. The van der Waals surface area contributed by atoms with Crippen LogP contribution >= 0.6 is 0 Å². The van der Waals surface area contributed by atoms with E-state index in [9.17, 15) is 19.6 Å². The predicted molar refractivity (Wildman–Crippen MR) is 162 cm³/mol. The normalized spacial score (nSPS) is 38.9. The molecular weight excluding hydrogens is 508 g/mol. The average Bonchev–Trinajstić information content (AvgIpc) is 3.31. The van der Waals surface area contributed by atoms with Crippen LogP contribution in [0.2, 0.25) is 0 Å². The van der Waals surface area contributed by atoms with Gasteiger partial charge in [-0.3, -0.25) is 14.4 Å². The van der Waals surface area contributed by atoms with Crippen molar-refractivity contribution in [3.63, 3.8) is 0 Å². The molecule has 0 spiro atoms. The Morgan fingerprint density at radius 2 is 1.83 bits per heavy atom. The van der Waals surface area contributed by atoms with Gasteiger partial charge in [0.1, 0.15) is 6.07 Å². The fraction of sp³-hybridized carbons (Fsp3) is 0.778. The molecule has 5 nitrogen and oxygen atoms in total. The van der Waals surface area contributed by atoms with Gasteiger partial charge in [-0.1, -0.05) is 60.1 Å². The minimum absolute atomic E-state index is 0.0221. The first-order valence-corrected chi connectivity index (χ1v) is 16.3. The number of Topliss-reactive ketones (excluding diaryl/α,β-unsaturated/α-hetero) is 1. The van der Waals surface area contributed by atoms with E-state index in [4.69, 9.17) is 0 Å². The van der Waals surface area contributed by atoms with Crippen LogP contribution in [0.5, 0.6) is 0 Å². The summed E-state index contributed by atoms with van der Waals surface area (Å²) in [5.74, 6) is 0.885. The molecule has 41 heavy (non-hydrogen) atoms. The number of hydrogen-bond donors (Lipinski definition) is 0. The van der Waals surface area contributed by atoms with Crippen LogP contribution in [0, 0.1) is 56.2 Å². The van der Waals surface area contributed by atoms with Crippen molar-refractivity contribution in [3.8, 4) is 6.07 Å². The molecule has 0 N–H and O–H groups in total. The van der Waals surface area contributed by atoms with Crippen LogP contribution in [0.3, 0.4) is 0 Å². The lowest BCUT2D eigenvalue weighted by Gasteiger charge is -2.67. The maximum absolute atomic E-state index is 14.4. The van der Waals surface area contributed by atoms with E-state index in [1.54, 1.807) is 6.08 Å². The molecule has 0 aromatic heterocycles. The molecule has 1 saturated heterocycles. The van der Waals surface area contributed by atoms with E-state index in [1.807, 2.05) is 26.8 Å². The molecule has 5 rings (SSSR count). The summed E-state index contributed by atoms with van der Waals surface area (Å²) in [4.78, 5) is 42.8. The molecule has 4 fully saturated rings. The van der Waals surface area contributed by atoms with Gasteiger partial charge in [0.05, 0.1) is 5.57 Å². The third-order valence-corrected chi connectivity index (χ3v) is 13.2. The average molecular weight is 561 g/mol. The van der Waals surface area contributed by atoms with Crippen molar-refractivity contribution in [3.05, 3.63) is 23.3 Å². The molecule has 1 aliphatic heterocycles. The Hall–Kier alpha value is -2.22. The van der Waals surface area contributed by atoms with Crippen molar-refractivity contribution < 1.29 is 14.4 Å². The fourth-order valence-electron chi connectivity index (χ4n) is 10.1. The Morgan fingerprint density at radius 3 is 2.46 bits per heavy atom. The smallest absolute Gasteiger partial charge is 0.222 e. The lowest BCUT2D eigenvalue weighted by Crippen LogP contribution is -2.63. The van der Waals surface area contributed by atoms with Crippen LogP contribution in [0.4, 0.5) is 0 Å². The summed E-state index contributed by atoms with van der Waals surface area (Å²) in [5, 5.41) is 9.66. The molecule has 5 heteroatoms. The third-order valence-electron chi connectivity index (χ3n) is 13.2. The topological polar surface area (TPSA) is 78.2 Å². The number of ketones is 2. The van der Waals surface area contributed by atoms with Crippen molar-refractivity contribution in [2.45, 2.75) is 119 Å². The van der Waals surface area contributed by atoms with Crippen LogP contribution < -0.4 is 0 Å². The summed E-state index contributed by atoms with van der Waals surface area (Å²) in [7, 11) is 0. The summed E-state index contributed by atoms with van der Waals surface area (Å²) in [6.07, 6.45) is 14.1. The van der Waals surface area contributed by atoms with Gasteiger partial charge in [-0.25, -0.2) is 0 Å². The third kappa shape index (κ3) is 4.67.